The number of nitrogens with zero attached hydrogens (tertiary/aromatic N) is 1. The fourth-order valence-electron chi connectivity index (χ4n) is 3.08. The lowest BCUT2D eigenvalue weighted by Crippen LogP contribution is -2.27. The summed E-state index contributed by atoms with van der Waals surface area (Å²) in [6, 6.07) is 0. The van der Waals surface area contributed by atoms with Crippen LogP contribution >= 0.6 is 0 Å². The van der Waals surface area contributed by atoms with Gasteiger partial charge in [-0.25, -0.2) is 0 Å². The molecule has 0 bridgehead atoms. The van der Waals surface area contributed by atoms with Gasteiger partial charge in [0, 0.05) is 32.4 Å². The molecule has 0 atom stereocenters. The maximum Gasteiger partial charge on any atom is 0.222 e. The van der Waals surface area contributed by atoms with E-state index in [9.17, 15) is 4.79 Å². The molecule has 0 spiro atoms. The van der Waals surface area contributed by atoms with Gasteiger partial charge in [0.25, 0.3) is 0 Å². The zero-order valence-electron chi connectivity index (χ0n) is 15.8. The third kappa shape index (κ3) is 11.3. The molecule has 0 N–H and O–H groups in total. The van der Waals surface area contributed by atoms with Crippen molar-refractivity contribution in [3.63, 3.8) is 0 Å². The molecule has 1 saturated heterocycles. The Morgan fingerprint density at radius 1 is 0.917 bits per heavy atom. The van der Waals surface area contributed by atoms with E-state index in [0.29, 0.717) is 5.91 Å². The van der Waals surface area contributed by atoms with Gasteiger partial charge < -0.3 is 4.90 Å². The molecule has 1 rings (SSSR count). The Morgan fingerprint density at radius 3 is 2.46 bits per heavy atom. The van der Waals surface area contributed by atoms with Crippen molar-refractivity contribution in [2.75, 3.05) is 13.1 Å². The highest BCUT2D eigenvalue weighted by Crippen LogP contribution is 2.12. The Labute approximate surface area is 150 Å². The van der Waals surface area contributed by atoms with Crippen molar-refractivity contribution >= 4 is 5.91 Å². The molecule has 0 saturated carbocycles. The molecule has 1 fully saturated rings. The molecule has 0 radical (unpaired) electrons. The monoisotopic (exact) mass is 331 g/mol. The second kappa shape index (κ2) is 15.3. The van der Waals surface area contributed by atoms with Crippen molar-refractivity contribution in [2.24, 2.45) is 0 Å². The molecule has 0 aromatic carbocycles. The summed E-state index contributed by atoms with van der Waals surface area (Å²) in [7, 11) is 0. The Hall–Kier alpha value is -1.23. The van der Waals surface area contributed by atoms with Crippen molar-refractivity contribution in [2.45, 2.75) is 96.8 Å². The van der Waals surface area contributed by atoms with E-state index >= 15 is 0 Å². The van der Waals surface area contributed by atoms with Crippen molar-refractivity contribution in [3.8, 4) is 11.8 Å². The zero-order chi connectivity index (χ0) is 17.3. The highest BCUT2D eigenvalue weighted by atomic mass is 16.2. The van der Waals surface area contributed by atoms with Crippen molar-refractivity contribution < 1.29 is 4.79 Å². The number of hydrogen-bond donors (Lipinski definition) is 0. The van der Waals surface area contributed by atoms with Crippen molar-refractivity contribution in [1.29, 1.82) is 0 Å². The molecule has 1 amide bonds. The van der Waals surface area contributed by atoms with Gasteiger partial charge in [0.15, 0.2) is 0 Å². The van der Waals surface area contributed by atoms with Crippen LogP contribution in [0.4, 0.5) is 0 Å². The van der Waals surface area contributed by atoms with Crippen LogP contribution in [0.5, 0.6) is 0 Å². The number of likely N-dealkylation sites (tertiary alicyclic amines) is 1. The number of amides is 1. The van der Waals surface area contributed by atoms with Crippen LogP contribution in [0.2, 0.25) is 0 Å². The van der Waals surface area contributed by atoms with Gasteiger partial charge in [0.1, 0.15) is 0 Å². The summed E-state index contributed by atoms with van der Waals surface area (Å²) >= 11 is 0. The second-order valence-corrected chi connectivity index (χ2v) is 6.88. The average Bonchev–Trinajstić information content (AvgIpc) is 3.13. The minimum absolute atomic E-state index is 0.381. The fraction of sp³-hybridized carbons (Fsp3) is 0.773. The minimum Gasteiger partial charge on any atom is -0.343 e. The summed E-state index contributed by atoms with van der Waals surface area (Å²) in [4.78, 5) is 13.9. The SMILES string of the molecule is CCCCCC#CC/C=C\CCCCCCCC(=O)N1CCCC1. The van der Waals surface area contributed by atoms with Gasteiger partial charge in [-0.2, -0.15) is 0 Å². The van der Waals surface area contributed by atoms with Crippen LogP contribution in [0.3, 0.4) is 0 Å². The predicted molar refractivity (Wildman–Crippen MR) is 104 cm³/mol. The molecule has 0 aromatic rings. The predicted octanol–water partition coefficient (Wildman–Crippen LogP) is 5.87. The zero-order valence-corrected chi connectivity index (χ0v) is 15.8. The largest absolute Gasteiger partial charge is 0.343 e. The summed E-state index contributed by atoms with van der Waals surface area (Å²) in [5.41, 5.74) is 0. The number of rotatable bonds is 12. The summed E-state index contributed by atoms with van der Waals surface area (Å²) in [5.74, 6) is 6.85. The van der Waals surface area contributed by atoms with Crippen LogP contribution in [0.25, 0.3) is 0 Å². The molecule has 136 valence electrons. The van der Waals surface area contributed by atoms with E-state index in [1.165, 1.54) is 64.2 Å². The number of allylic oxidation sites excluding steroid dienone is 2. The van der Waals surface area contributed by atoms with Crippen LogP contribution in [-0.4, -0.2) is 23.9 Å². The van der Waals surface area contributed by atoms with Crippen molar-refractivity contribution in [1.82, 2.24) is 4.90 Å². The maximum atomic E-state index is 11.9. The molecular weight excluding hydrogens is 294 g/mol. The summed E-state index contributed by atoms with van der Waals surface area (Å²) in [6.45, 7) is 4.22. The molecular formula is C22H37NO. The van der Waals surface area contributed by atoms with Gasteiger partial charge in [-0.05, 0) is 38.5 Å². The first-order valence-electron chi connectivity index (χ1n) is 10.2. The summed E-state index contributed by atoms with van der Waals surface area (Å²) in [6.07, 6.45) is 20.7. The van der Waals surface area contributed by atoms with E-state index in [-0.39, 0.29) is 0 Å². The normalized spacial score (nSPS) is 14.1. The maximum absolute atomic E-state index is 11.9. The first-order valence-corrected chi connectivity index (χ1v) is 10.2. The molecule has 1 aliphatic rings. The molecule has 24 heavy (non-hydrogen) atoms. The standard InChI is InChI=1S/C22H37NO/c1-2-3-4-5-6-7-8-9-10-11-12-13-14-15-16-19-22(24)23-20-17-18-21-23/h9-10H,2-5,8,11-21H2,1H3/b10-9-. The Balaban J connectivity index is 1.83. The smallest absolute Gasteiger partial charge is 0.222 e. The van der Waals surface area contributed by atoms with E-state index in [4.69, 9.17) is 0 Å². The van der Waals surface area contributed by atoms with Crippen LogP contribution in [0.15, 0.2) is 12.2 Å². The Bertz CT molecular complexity index is 396. The molecule has 2 heteroatoms. The summed E-state index contributed by atoms with van der Waals surface area (Å²) in [5, 5.41) is 0. The fourth-order valence-corrected chi connectivity index (χ4v) is 3.08. The lowest BCUT2D eigenvalue weighted by molar-refractivity contribution is -0.130. The second-order valence-electron chi connectivity index (χ2n) is 6.88. The van der Waals surface area contributed by atoms with E-state index in [1.54, 1.807) is 0 Å². The number of unbranched alkanes of at least 4 members (excludes halogenated alkanes) is 8. The topological polar surface area (TPSA) is 20.3 Å². The van der Waals surface area contributed by atoms with Gasteiger partial charge in [-0.15, -0.1) is 5.92 Å². The van der Waals surface area contributed by atoms with Gasteiger partial charge in [-0.1, -0.05) is 57.1 Å². The van der Waals surface area contributed by atoms with E-state index < -0.39 is 0 Å². The van der Waals surface area contributed by atoms with Gasteiger partial charge in [0.2, 0.25) is 5.91 Å². The molecule has 0 aromatic heterocycles. The lowest BCUT2D eigenvalue weighted by Gasteiger charge is -2.14. The lowest BCUT2D eigenvalue weighted by atomic mass is 10.1. The molecule has 1 aliphatic heterocycles. The first kappa shape index (κ1) is 20.8. The minimum atomic E-state index is 0.381. The number of carbonyl (C=O) groups is 1. The molecule has 0 aliphatic carbocycles. The van der Waals surface area contributed by atoms with E-state index in [0.717, 1.165) is 38.8 Å². The van der Waals surface area contributed by atoms with Crippen LogP contribution in [0, 0.1) is 11.8 Å². The van der Waals surface area contributed by atoms with Crippen LogP contribution in [-0.2, 0) is 4.79 Å². The quantitative estimate of drug-likeness (QED) is 0.249. The molecule has 1 heterocycles. The molecule has 0 unspecified atom stereocenters. The highest BCUT2D eigenvalue weighted by Gasteiger charge is 2.16. The molecule has 2 nitrogen and oxygen atoms in total. The number of carbonyl (C=O) groups excluding carboxylic acids is 1. The van der Waals surface area contributed by atoms with Gasteiger partial charge in [-0.3, -0.25) is 4.79 Å². The third-order valence-corrected chi connectivity index (χ3v) is 4.64. The van der Waals surface area contributed by atoms with E-state index in [2.05, 4.69) is 30.9 Å². The van der Waals surface area contributed by atoms with Crippen LogP contribution < -0.4 is 0 Å². The highest BCUT2D eigenvalue weighted by molar-refractivity contribution is 5.76. The van der Waals surface area contributed by atoms with E-state index in [1.807, 2.05) is 4.90 Å². The Morgan fingerprint density at radius 2 is 1.67 bits per heavy atom. The van der Waals surface area contributed by atoms with Crippen LogP contribution in [0.1, 0.15) is 96.8 Å². The van der Waals surface area contributed by atoms with Gasteiger partial charge in [0.05, 0.1) is 0 Å². The van der Waals surface area contributed by atoms with Gasteiger partial charge >= 0.3 is 0 Å². The van der Waals surface area contributed by atoms with Crippen molar-refractivity contribution in [3.05, 3.63) is 12.2 Å². The Kier molecular flexibility index (Phi) is 13.3. The summed E-state index contributed by atoms with van der Waals surface area (Å²) < 4.78 is 0. The number of hydrogen-bond acceptors (Lipinski definition) is 1. The first-order chi connectivity index (χ1) is 11.8. The average molecular weight is 332 g/mol. The third-order valence-electron chi connectivity index (χ3n) is 4.64.